The minimum Gasteiger partial charge on any atom is -0.379 e. The van der Waals surface area contributed by atoms with Crippen LogP contribution in [0.15, 0.2) is 0 Å². The highest BCUT2D eigenvalue weighted by Crippen LogP contribution is 2.31. The molecule has 0 N–H and O–H groups in total. The van der Waals surface area contributed by atoms with Crippen molar-refractivity contribution in [2.24, 2.45) is 13.0 Å². The van der Waals surface area contributed by atoms with Crippen molar-refractivity contribution in [3.63, 3.8) is 0 Å². The van der Waals surface area contributed by atoms with Crippen LogP contribution in [0, 0.1) is 5.92 Å². The van der Waals surface area contributed by atoms with E-state index >= 15 is 0 Å². The van der Waals surface area contributed by atoms with Crippen LogP contribution in [-0.2, 0) is 18.2 Å². The van der Waals surface area contributed by atoms with Crippen molar-refractivity contribution in [2.75, 3.05) is 33.9 Å². The quantitative estimate of drug-likeness (QED) is 0.824. The van der Waals surface area contributed by atoms with Gasteiger partial charge in [0.05, 0.1) is 12.3 Å². The van der Waals surface area contributed by atoms with Gasteiger partial charge in [0.2, 0.25) is 0 Å². The fourth-order valence-electron chi connectivity index (χ4n) is 2.76. The number of hydrogen-bond acceptors (Lipinski definition) is 4. The van der Waals surface area contributed by atoms with E-state index in [4.69, 9.17) is 4.74 Å². The number of ether oxygens (including phenoxy) is 1. The van der Waals surface area contributed by atoms with E-state index in [-0.39, 0.29) is 12.1 Å². The zero-order chi connectivity index (χ0) is 15.0. The number of aromatic nitrogens is 3. The van der Waals surface area contributed by atoms with Crippen LogP contribution in [0.5, 0.6) is 0 Å². The SMILES string of the molecule is CN(C)C(=O)N1CCc2c(nnn2C)[C@H]1COCC1CC1. The van der Waals surface area contributed by atoms with E-state index in [0.29, 0.717) is 19.1 Å². The molecule has 1 aromatic rings. The summed E-state index contributed by atoms with van der Waals surface area (Å²) < 4.78 is 7.64. The number of amides is 2. The van der Waals surface area contributed by atoms with Crippen LogP contribution >= 0.6 is 0 Å². The molecule has 0 aromatic carbocycles. The zero-order valence-corrected chi connectivity index (χ0v) is 12.9. The first-order chi connectivity index (χ1) is 10.1. The lowest BCUT2D eigenvalue weighted by atomic mass is 10.0. The number of nitrogens with zero attached hydrogens (tertiary/aromatic N) is 5. The number of carbonyl (C=O) groups excluding carboxylic acids is 1. The van der Waals surface area contributed by atoms with Gasteiger partial charge in [0.25, 0.3) is 0 Å². The molecule has 1 fully saturated rings. The lowest BCUT2D eigenvalue weighted by Crippen LogP contribution is -2.46. The summed E-state index contributed by atoms with van der Waals surface area (Å²) in [6.07, 6.45) is 3.32. The van der Waals surface area contributed by atoms with Gasteiger partial charge in [-0.05, 0) is 18.8 Å². The zero-order valence-electron chi connectivity index (χ0n) is 12.9. The predicted molar refractivity (Wildman–Crippen MR) is 76.8 cm³/mol. The van der Waals surface area contributed by atoms with Crippen LogP contribution in [0.4, 0.5) is 4.79 Å². The first-order valence-corrected chi connectivity index (χ1v) is 7.52. The summed E-state index contributed by atoms with van der Waals surface area (Å²) in [5.41, 5.74) is 1.99. The molecule has 2 amide bonds. The first kappa shape index (κ1) is 14.3. The number of fused-ring (bicyclic) bond motifs is 1. The third-order valence-corrected chi connectivity index (χ3v) is 4.21. The van der Waals surface area contributed by atoms with Crippen LogP contribution in [0.3, 0.4) is 0 Å². The normalized spacial score (nSPS) is 21.3. The van der Waals surface area contributed by atoms with Gasteiger partial charge in [0, 0.05) is 40.7 Å². The van der Waals surface area contributed by atoms with Crippen LogP contribution in [0.25, 0.3) is 0 Å². The van der Waals surface area contributed by atoms with Gasteiger partial charge < -0.3 is 14.5 Å². The maximum absolute atomic E-state index is 12.4. The lowest BCUT2D eigenvalue weighted by molar-refractivity contribution is 0.0538. The summed E-state index contributed by atoms with van der Waals surface area (Å²) in [5.74, 6) is 0.716. The molecule has 3 rings (SSSR count). The molecule has 0 radical (unpaired) electrons. The minimum atomic E-state index is -0.129. The summed E-state index contributed by atoms with van der Waals surface area (Å²) >= 11 is 0. The Balaban J connectivity index is 1.77. The lowest BCUT2D eigenvalue weighted by Gasteiger charge is -2.36. The standard InChI is InChI=1S/C14H23N5O2/c1-17(2)14(20)19-7-6-11-13(15-16-18(11)3)12(19)9-21-8-10-4-5-10/h10,12H,4-9H2,1-3H3/t12-/m1/s1. The summed E-state index contributed by atoms with van der Waals surface area (Å²) in [7, 11) is 5.45. The molecule has 2 heterocycles. The van der Waals surface area contributed by atoms with Crippen LogP contribution in [0.2, 0.25) is 0 Å². The molecule has 0 saturated heterocycles. The number of aryl methyl sites for hydroxylation is 1. The van der Waals surface area contributed by atoms with Crippen LogP contribution in [0.1, 0.15) is 30.3 Å². The molecule has 1 aliphatic carbocycles. The van der Waals surface area contributed by atoms with Crippen molar-refractivity contribution >= 4 is 6.03 Å². The van der Waals surface area contributed by atoms with Gasteiger partial charge in [-0.3, -0.25) is 4.68 Å². The Morgan fingerprint density at radius 3 is 2.81 bits per heavy atom. The molecule has 7 heteroatoms. The second-order valence-electron chi connectivity index (χ2n) is 6.16. The van der Waals surface area contributed by atoms with Crippen molar-refractivity contribution in [1.82, 2.24) is 24.8 Å². The smallest absolute Gasteiger partial charge is 0.320 e. The van der Waals surface area contributed by atoms with Gasteiger partial charge in [0.15, 0.2) is 0 Å². The Labute approximate surface area is 124 Å². The van der Waals surface area contributed by atoms with Crippen LogP contribution in [-0.4, -0.2) is 64.7 Å². The van der Waals surface area contributed by atoms with Gasteiger partial charge in [-0.2, -0.15) is 0 Å². The third kappa shape index (κ3) is 2.88. The fourth-order valence-corrected chi connectivity index (χ4v) is 2.76. The molecule has 1 aromatic heterocycles. The molecular formula is C14H23N5O2. The van der Waals surface area contributed by atoms with Gasteiger partial charge in [-0.25, -0.2) is 4.79 Å². The van der Waals surface area contributed by atoms with Gasteiger partial charge >= 0.3 is 6.03 Å². The third-order valence-electron chi connectivity index (χ3n) is 4.21. The van der Waals surface area contributed by atoms with Gasteiger partial charge in [0.1, 0.15) is 11.7 Å². The van der Waals surface area contributed by atoms with E-state index in [1.54, 1.807) is 23.7 Å². The molecule has 0 unspecified atom stereocenters. The minimum absolute atomic E-state index is 0.00586. The summed E-state index contributed by atoms with van der Waals surface area (Å²) in [6.45, 7) is 1.97. The molecule has 1 atom stereocenters. The summed E-state index contributed by atoms with van der Waals surface area (Å²) in [6, 6.07) is -0.123. The van der Waals surface area contributed by atoms with Crippen LogP contribution < -0.4 is 0 Å². The van der Waals surface area contributed by atoms with Gasteiger partial charge in [-0.1, -0.05) is 5.21 Å². The van der Waals surface area contributed by atoms with E-state index in [0.717, 1.165) is 24.4 Å². The maximum atomic E-state index is 12.4. The summed E-state index contributed by atoms with van der Waals surface area (Å²) in [5, 5.41) is 8.37. The van der Waals surface area contributed by atoms with Crippen molar-refractivity contribution in [2.45, 2.75) is 25.3 Å². The fraction of sp³-hybridized carbons (Fsp3) is 0.786. The molecule has 1 aliphatic heterocycles. The molecule has 21 heavy (non-hydrogen) atoms. The van der Waals surface area contributed by atoms with E-state index in [1.165, 1.54) is 12.8 Å². The highest BCUT2D eigenvalue weighted by molar-refractivity contribution is 5.74. The molecule has 2 aliphatic rings. The van der Waals surface area contributed by atoms with Crippen molar-refractivity contribution < 1.29 is 9.53 Å². The van der Waals surface area contributed by atoms with E-state index in [1.807, 2.05) is 11.9 Å². The van der Waals surface area contributed by atoms with Crippen molar-refractivity contribution in [3.8, 4) is 0 Å². The highest BCUT2D eigenvalue weighted by atomic mass is 16.5. The van der Waals surface area contributed by atoms with E-state index in [2.05, 4.69) is 10.3 Å². The van der Waals surface area contributed by atoms with Crippen molar-refractivity contribution in [1.29, 1.82) is 0 Å². The molecular weight excluding hydrogens is 270 g/mol. The largest absolute Gasteiger partial charge is 0.379 e. The Morgan fingerprint density at radius 2 is 2.14 bits per heavy atom. The monoisotopic (exact) mass is 293 g/mol. The van der Waals surface area contributed by atoms with Crippen molar-refractivity contribution in [3.05, 3.63) is 11.4 Å². The number of carbonyl (C=O) groups is 1. The van der Waals surface area contributed by atoms with E-state index in [9.17, 15) is 4.79 Å². The molecule has 1 saturated carbocycles. The Hall–Kier alpha value is -1.63. The highest BCUT2D eigenvalue weighted by Gasteiger charge is 2.35. The maximum Gasteiger partial charge on any atom is 0.320 e. The first-order valence-electron chi connectivity index (χ1n) is 7.52. The molecule has 0 bridgehead atoms. The Morgan fingerprint density at radius 1 is 1.38 bits per heavy atom. The number of hydrogen-bond donors (Lipinski definition) is 0. The predicted octanol–water partition coefficient (Wildman–Crippen LogP) is 0.822. The summed E-state index contributed by atoms with van der Waals surface area (Å²) in [4.78, 5) is 15.8. The van der Waals surface area contributed by atoms with Gasteiger partial charge in [-0.15, -0.1) is 5.10 Å². The van der Waals surface area contributed by atoms with E-state index < -0.39 is 0 Å². The second kappa shape index (κ2) is 5.63. The molecule has 0 spiro atoms. The topological polar surface area (TPSA) is 63.5 Å². The molecule has 7 nitrogen and oxygen atoms in total. The number of urea groups is 1. The Kier molecular flexibility index (Phi) is 3.84. The average Bonchev–Trinajstić information content (AvgIpc) is 3.21. The molecule has 116 valence electrons. The Bertz CT molecular complexity index is 523. The number of rotatable bonds is 4. The average molecular weight is 293 g/mol. The second-order valence-corrected chi connectivity index (χ2v) is 6.16.